The third-order valence-corrected chi connectivity index (χ3v) is 7.53. The number of Topliss-reactive ketones (excluding diaryl/α,β-unsaturated/α-hetero) is 1. The Bertz CT molecular complexity index is 1260. The number of benzene rings is 1. The van der Waals surface area contributed by atoms with Gasteiger partial charge < -0.3 is 9.84 Å². The van der Waals surface area contributed by atoms with Crippen molar-refractivity contribution in [3.8, 4) is 5.75 Å². The van der Waals surface area contributed by atoms with Crippen LogP contribution in [-0.4, -0.2) is 46.6 Å². The van der Waals surface area contributed by atoms with Gasteiger partial charge in [-0.15, -0.1) is 0 Å². The summed E-state index contributed by atoms with van der Waals surface area (Å²) in [4.78, 5) is 64.9. The van der Waals surface area contributed by atoms with Gasteiger partial charge in [-0.1, -0.05) is 29.8 Å². The molecule has 33 heavy (non-hydrogen) atoms. The quantitative estimate of drug-likeness (QED) is 0.349. The van der Waals surface area contributed by atoms with Gasteiger partial charge in [0, 0.05) is 28.7 Å². The Morgan fingerprint density at radius 2 is 1.85 bits per heavy atom. The van der Waals surface area contributed by atoms with Gasteiger partial charge in [-0.3, -0.25) is 19.2 Å². The van der Waals surface area contributed by atoms with E-state index in [1.807, 2.05) is 6.08 Å². The van der Waals surface area contributed by atoms with Crippen LogP contribution < -0.4 is 0 Å². The highest BCUT2D eigenvalue weighted by Gasteiger charge is 2.58. The number of ketones is 2. The first-order valence-corrected chi connectivity index (χ1v) is 11.2. The molecule has 3 aliphatic carbocycles. The zero-order valence-corrected chi connectivity index (χ0v) is 19.0. The highest BCUT2D eigenvalue weighted by Crippen LogP contribution is 2.56. The number of phenols is 1. The summed E-state index contributed by atoms with van der Waals surface area (Å²) in [5.74, 6) is -5.02. The molecule has 9 heteroatoms. The maximum absolute atomic E-state index is 13.2. The van der Waals surface area contributed by atoms with E-state index in [1.165, 1.54) is 12.1 Å². The number of carbonyl (C=O) groups excluding carboxylic acids is 5. The molecular formula is C24H18BrNO7. The van der Waals surface area contributed by atoms with E-state index in [0.29, 0.717) is 16.0 Å². The fraction of sp³-hybridized carbons (Fsp3) is 0.292. The number of aromatic hydroxyl groups is 1. The molecule has 0 unspecified atom stereocenters. The number of nitrogens with zero attached hydrogens (tertiary/aromatic N) is 1. The number of fused-ring (bicyclic) bond motifs is 3. The van der Waals surface area contributed by atoms with Crippen LogP contribution in [0, 0.1) is 17.8 Å². The number of rotatable bonds is 1. The van der Waals surface area contributed by atoms with E-state index >= 15 is 0 Å². The molecule has 4 aliphatic rings. The van der Waals surface area contributed by atoms with E-state index in [2.05, 4.69) is 20.7 Å². The smallest absolute Gasteiger partial charge is 0.423 e. The Morgan fingerprint density at radius 1 is 1.12 bits per heavy atom. The average Bonchev–Trinajstić information content (AvgIpc) is 3.06. The van der Waals surface area contributed by atoms with Crippen molar-refractivity contribution in [2.45, 2.75) is 18.8 Å². The third kappa shape index (κ3) is 2.98. The van der Waals surface area contributed by atoms with E-state index < -0.39 is 41.6 Å². The predicted octanol–water partition coefficient (Wildman–Crippen LogP) is 2.92. The van der Waals surface area contributed by atoms with Crippen molar-refractivity contribution in [2.24, 2.45) is 17.8 Å². The second kappa shape index (κ2) is 7.62. The topological polar surface area (TPSA) is 118 Å². The molecule has 0 spiro atoms. The Balaban J connectivity index is 1.69. The van der Waals surface area contributed by atoms with E-state index in [1.54, 1.807) is 18.2 Å². The minimum absolute atomic E-state index is 0.0445. The second-order valence-corrected chi connectivity index (χ2v) is 9.29. The largest absolute Gasteiger partial charge is 0.508 e. The van der Waals surface area contributed by atoms with Gasteiger partial charge in [0.15, 0.2) is 11.6 Å². The Morgan fingerprint density at radius 3 is 2.55 bits per heavy atom. The molecule has 1 aromatic carbocycles. The molecule has 4 atom stereocenters. The SMILES string of the molecule is COC(=O)N1C(=O)[C@H]2[C@H](CC=C3[C@H](c4ccccc4O)C4=C(C[C@H]32)C(=O)C(Br)=CC4=O)C1=O. The number of halogens is 1. The second-order valence-electron chi connectivity index (χ2n) is 8.43. The van der Waals surface area contributed by atoms with Gasteiger partial charge >= 0.3 is 6.09 Å². The van der Waals surface area contributed by atoms with Gasteiger partial charge in [-0.2, -0.15) is 4.90 Å². The van der Waals surface area contributed by atoms with E-state index in [0.717, 1.165) is 7.11 Å². The Kier molecular flexibility index (Phi) is 4.97. The molecule has 1 heterocycles. The molecule has 3 amide bonds. The summed E-state index contributed by atoms with van der Waals surface area (Å²) >= 11 is 3.15. The van der Waals surface area contributed by atoms with Crippen LogP contribution in [0.25, 0.3) is 0 Å². The summed E-state index contributed by atoms with van der Waals surface area (Å²) in [6.07, 6.45) is 2.27. The number of likely N-dealkylation sites (tertiary alicyclic amines) is 1. The molecular weight excluding hydrogens is 494 g/mol. The number of hydrogen-bond acceptors (Lipinski definition) is 7. The molecule has 1 saturated heterocycles. The Hall–Kier alpha value is -3.33. The highest BCUT2D eigenvalue weighted by atomic mass is 79.9. The molecule has 1 N–H and O–H groups in total. The number of phenolic OH excluding ortho intramolecular Hbond substituents is 1. The number of hydrogen-bond donors (Lipinski definition) is 1. The summed E-state index contributed by atoms with van der Waals surface area (Å²) in [6, 6.07) is 6.54. The lowest BCUT2D eigenvalue weighted by Gasteiger charge is -2.42. The molecule has 1 fully saturated rings. The zero-order chi connectivity index (χ0) is 23.6. The summed E-state index contributed by atoms with van der Waals surface area (Å²) in [7, 11) is 1.09. The zero-order valence-electron chi connectivity index (χ0n) is 17.4. The van der Waals surface area contributed by atoms with Crippen LogP contribution >= 0.6 is 15.9 Å². The van der Waals surface area contributed by atoms with Crippen LogP contribution in [0.1, 0.15) is 24.3 Å². The molecule has 5 rings (SSSR count). The summed E-state index contributed by atoms with van der Waals surface area (Å²) in [5.41, 5.74) is 1.65. The molecule has 0 bridgehead atoms. The average molecular weight is 512 g/mol. The van der Waals surface area contributed by atoms with Gasteiger partial charge in [-0.05, 0) is 40.8 Å². The number of methoxy groups -OCH3 is 1. The van der Waals surface area contributed by atoms with Crippen LogP contribution in [0.4, 0.5) is 4.79 Å². The van der Waals surface area contributed by atoms with Gasteiger partial charge in [0.25, 0.3) is 0 Å². The van der Waals surface area contributed by atoms with Crippen molar-refractivity contribution in [2.75, 3.05) is 7.11 Å². The van der Waals surface area contributed by atoms with Crippen LogP contribution in [0.5, 0.6) is 5.75 Å². The van der Waals surface area contributed by atoms with Crippen molar-refractivity contribution in [1.82, 2.24) is 4.90 Å². The fourth-order valence-electron chi connectivity index (χ4n) is 5.56. The van der Waals surface area contributed by atoms with Gasteiger partial charge in [-0.25, -0.2) is 4.79 Å². The number of imide groups is 3. The summed E-state index contributed by atoms with van der Waals surface area (Å²) < 4.78 is 4.75. The first-order valence-electron chi connectivity index (χ1n) is 10.4. The van der Waals surface area contributed by atoms with Gasteiger partial charge in [0.2, 0.25) is 11.8 Å². The summed E-state index contributed by atoms with van der Waals surface area (Å²) in [6.45, 7) is 0. The van der Waals surface area contributed by atoms with E-state index in [4.69, 9.17) is 0 Å². The molecule has 0 saturated carbocycles. The number of allylic oxidation sites excluding steroid dienone is 6. The minimum Gasteiger partial charge on any atom is -0.508 e. The predicted molar refractivity (Wildman–Crippen MR) is 117 cm³/mol. The number of amides is 3. The molecule has 8 nitrogen and oxygen atoms in total. The lowest BCUT2D eigenvalue weighted by atomic mass is 9.59. The van der Waals surface area contributed by atoms with Crippen molar-refractivity contribution in [3.63, 3.8) is 0 Å². The number of ether oxygens (including phenoxy) is 1. The van der Waals surface area contributed by atoms with Crippen molar-refractivity contribution >= 4 is 45.4 Å². The highest BCUT2D eigenvalue weighted by molar-refractivity contribution is 9.12. The van der Waals surface area contributed by atoms with Crippen LogP contribution in [-0.2, 0) is 23.9 Å². The minimum atomic E-state index is -1.04. The van der Waals surface area contributed by atoms with Crippen LogP contribution in [0.15, 0.2) is 57.6 Å². The van der Waals surface area contributed by atoms with Crippen molar-refractivity contribution in [1.29, 1.82) is 0 Å². The standard InChI is InChI=1S/C24H18BrNO7/c1-33-24(32)26-22(30)12-7-6-10-13(19(12)23(26)31)8-14-20(17(28)9-15(25)21(14)29)18(10)11-4-2-3-5-16(11)27/h2-6,9,12-13,18-19,27H,7-8H2,1H3/t12-,13+,18+,19-/m0/s1. The molecule has 1 aromatic rings. The van der Waals surface area contributed by atoms with Gasteiger partial charge in [0.05, 0.1) is 23.4 Å². The van der Waals surface area contributed by atoms with Crippen molar-refractivity contribution < 1.29 is 33.8 Å². The normalized spacial score (nSPS) is 28.7. The summed E-state index contributed by atoms with van der Waals surface area (Å²) in [5, 5.41) is 10.6. The van der Waals surface area contributed by atoms with Crippen LogP contribution in [0.2, 0.25) is 0 Å². The maximum atomic E-state index is 13.2. The Labute approximate surface area is 196 Å². The molecule has 0 radical (unpaired) electrons. The molecule has 0 aromatic heterocycles. The van der Waals surface area contributed by atoms with Crippen molar-refractivity contribution in [3.05, 3.63) is 63.2 Å². The lowest BCUT2D eigenvalue weighted by molar-refractivity contribution is -0.137. The molecule has 1 aliphatic heterocycles. The number of carbonyl (C=O) groups is 5. The van der Waals surface area contributed by atoms with E-state index in [-0.39, 0.29) is 45.8 Å². The number of para-hydroxylation sites is 1. The first kappa shape index (κ1) is 21.5. The fourth-order valence-corrected chi connectivity index (χ4v) is 6.01. The third-order valence-electron chi connectivity index (χ3n) is 6.94. The van der Waals surface area contributed by atoms with Gasteiger partial charge in [0.1, 0.15) is 5.75 Å². The van der Waals surface area contributed by atoms with Crippen LogP contribution in [0.3, 0.4) is 0 Å². The lowest BCUT2D eigenvalue weighted by Crippen LogP contribution is -2.40. The maximum Gasteiger partial charge on any atom is 0.423 e. The molecule has 168 valence electrons. The monoisotopic (exact) mass is 511 g/mol. The van der Waals surface area contributed by atoms with E-state index in [9.17, 15) is 29.1 Å². The first-order chi connectivity index (χ1) is 15.8.